The summed E-state index contributed by atoms with van der Waals surface area (Å²) >= 11 is 6.22. The molecule has 0 radical (unpaired) electrons. The first kappa shape index (κ1) is 20.3. The summed E-state index contributed by atoms with van der Waals surface area (Å²) in [5.74, 6) is 0.944. The van der Waals surface area contributed by atoms with Crippen molar-refractivity contribution in [3.05, 3.63) is 54.3 Å². The molecule has 0 saturated carbocycles. The minimum Gasteiger partial charge on any atom is -0.360 e. The molecule has 0 spiro atoms. The quantitative estimate of drug-likeness (QED) is 0.483. The van der Waals surface area contributed by atoms with Crippen LogP contribution in [0.3, 0.4) is 0 Å². The van der Waals surface area contributed by atoms with E-state index in [1.54, 1.807) is 18.6 Å². The lowest BCUT2D eigenvalue weighted by Gasteiger charge is -2.19. The molecule has 30 heavy (non-hydrogen) atoms. The fraction of sp³-hybridized carbons (Fsp3) is 0.273. The van der Waals surface area contributed by atoms with Gasteiger partial charge in [-0.3, -0.25) is 0 Å². The molecule has 0 amide bonds. The molecule has 0 bridgehead atoms. The van der Waals surface area contributed by atoms with E-state index in [1.165, 1.54) is 6.33 Å². The zero-order valence-electron chi connectivity index (χ0n) is 17.3. The number of H-pyrrole nitrogens is 1. The predicted octanol–water partition coefficient (Wildman–Crippen LogP) is 4.12. The van der Waals surface area contributed by atoms with E-state index >= 15 is 0 Å². The second-order valence-corrected chi connectivity index (χ2v) is 7.97. The van der Waals surface area contributed by atoms with Gasteiger partial charge in [0, 0.05) is 60.5 Å². The van der Waals surface area contributed by atoms with E-state index in [0.717, 1.165) is 58.7 Å². The molecule has 0 fully saturated rings. The summed E-state index contributed by atoms with van der Waals surface area (Å²) in [6.07, 6.45) is 9.71. The number of halogens is 1. The average molecular weight is 422 g/mol. The van der Waals surface area contributed by atoms with Crippen molar-refractivity contribution < 1.29 is 0 Å². The van der Waals surface area contributed by atoms with Crippen LogP contribution >= 0.6 is 11.6 Å². The third kappa shape index (κ3) is 4.27. The van der Waals surface area contributed by atoms with Gasteiger partial charge in [-0.25, -0.2) is 19.9 Å². The Labute approximate surface area is 180 Å². The summed E-state index contributed by atoms with van der Waals surface area (Å²) in [5.41, 5.74) is 4.51. The van der Waals surface area contributed by atoms with Crippen LogP contribution in [0.4, 0.5) is 5.82 Å². The van der Waals surface area contributed by atoms with E-state index in [1.807, 2.05) is 18.3 Å². The number of rotatable bonds is 7. The number of aromatic amines is 1. The van der Waals surface area contributed by atoms with E-state index < -0.39 is 0 Å². The van der Waals surface area contributed by atoms with Gasteiger partial charge in [-0.15, -0.1) is 0 Å². The fourth-order valence-electron chi connectivity index (χ4n) is 3.49. The first-order valence-corrected chi connectivity index (χ1v) is 10.2. The molecule has 0 aliphatic rings. The third-order valence-electron chi connectivity index (χ3n) is 4.99. The molecule has 0 aliphatic heterocycles. The lowest BCUT2D eigenvalue weighted by molar-refractivity contribution is 0.401. The molecular weight excluding hydrogens is 398 g/mol. The van der Waals surface area contributed by atoms with E-state index in [0.29, 0.717) is 5.02 Å². The molecule has 0 aliphatic carbocycles. The molecule has 0 saturated heterocycles. The standard InChI is InChI=1S/C22H24ClN7/c1-29(2)7-4-8-30(3)19-6-5-15(12-26-19)21-20(16-10-24-14-25-11-16)18-9-17(23)13-27-22(18)28-21/h5-6,9-14H,4,7-8H2,1-3H3,(H,27,28). The number of nitrogens with one attached hydrogen (secondary N) is 1. The number of anilines is 1. The van der Waals surface area contributed by atoms with Gasteiger partial charge in [0.25, 0.3) is 0 Å². The van der Waals surface area contributed by atoms with Crippen LogP contribution in [0.1, 0.15) is 6.42 Å². The molecule has 7 nitrogen and oxygen atoms in total. The summed E-state index contributed by atoms with van der Waals surface area (Å²) in [6, 6.07) is 6.03. The minimum absolute atomic E-state index is 0.582. The molecule has 4 aromatic rings. The van der Waals surface area contributed by atoms with E-state index in [4.69, 9.17) is 11.6 Å². The van der Waals surface area contributed by atoms with E-state index in [-0.39, 0.29) is 0 Å². The lowest BCUT2D eigenvalue weighted by atomic mass is 10.0. The summed E-state index contributed by atoms with van der Waals surface area (Å²) in [4.78, 5) is 25.3. The SMILES string of the molecule is CN(C)CCCN(C)c1ccc(-c2[nH]c3ncc(Cl)cc3c2-c2cncnc2)cn1. The molecule has 4 rings (SSSR count). The Morgan fingerprint density at radius 3 is 2.43 bits per heavy atom. The van der Waals surface area contributed by atoms with Crippen molar-refractivity contribution in [3.8, 4) is 22.4 Å². The van der Waals surface area contributed by atoms with Crippen molar-refractivity contribution in [2.45, 2.75) is 6.42 Å². The van der Waals surface area contributed by atoms with Gasteiger partial charge in [0.15, 0.2) is 0 Å². The van der Waals surface area contributed by atoms with Crippen molar-refractivity contribution in [1.82, 2.24) is 29.8 Å². The van der Waals surface area contributed by atoms with Gasteiger partial charge in [-0.2, -0.15) is 0 Å². The van der Waals surface area contributed by atoms with Gasteiger partial charge >= 0.3 is 0 Å². The first-order chi connectivity index (χ1) is 14.5. The molecule has 0 unspecified atom stereocenters. The van der Waals surface area contributed by atoms with Crippen LogP contribution in [-0.2, 0) is 0 Å². The molecule has 4 heterocycles. The lowest BCUT2D eigenvalue weighted by Crippen LogP contribution is -2.23. The van der Waals surface area contributed by atoms with Gasteiger partial charge in [0.2, 0.25) is 0 Å². The highest BCUT2D eigenvalue weighted by Crippen LogP contribution is 2.38. The van der Waals surface area contributed by atoms with Crippen molar-refractivity contribution >= 4 is 28.5 Å². The monoisotopic (exact) mass is 421 g/mol. The van der Waals surface area contributed by atoms with Gasteiger partial charge in [-0.05, 0) is 45.3 Å². The minimum atomic E-state index is 0.582. The highest BCUT2D eigenvalue weighted by molar-refractivity contribution is 6.31. The summed E-state index contributed by atoms with van der Waals surface area (Å²) < 4.78 is 0. The van der Waals surface area contributed by atoms with Gasteiger partial charge in [0.05, 0.1) is 10.7 Å². The molecule has 0 aromatic carbocycles. The Morgan fingerprint density at radius 1 is 0.933 bits per heavy atom. The zero-order chi connectivity index (χ0) is 21.1. The highest BCUT2D eigenvalue weighted by atomic mass is 35.5. The number of fused-ring (bicyclic) bond motifs is 1. The van der Waals surface area contributed by atoms with Crippen molar-refractivity contribution in [2.75, 3.05) is 39.1 Å². The Bertz CT molecular complexity index is 1120. The Balaban J connectivity index is 1.69. The number of hydrogen-bond donors (Lipinski definition) is 1. The van der Waals surface area contributed by atoms with Gasteiger partial charge in [0.1, 0.15) is 17.8 Å². The third-order valence-corrected chi connectivity index (χ3v) is 5.20. The number of pyridine rings is 2. The molecule has 1 N–H and O–H groups in total. The van der Waals surface area contributed by atoms with Crippen molar-refractivity contribution in [2.24, 2.45) is 0 Å². The molecule has 8 heteroatoms. The summed E-state index contributed by atoms with van der Waals surface area (Å²) in [7, 11) is 6.24. The van der Waals surface area contributed by atoms with Crippen molar-refractivity contribution in [1.29, 1.82) is 0 Å². The van der Waals surface area contributed by atoms with Crippen LogP contribution in [0.25, 0.3) is 33.4 Å². The van der Waals surface area contributed by atoms with Gasteiger partial charge < -0.3 is 14.8 Å². The Morgan fingerprint density at radius 2 is 1.73 bits per heavy atom. The van der Waals surface area contributed by atoms with E-state index in [2.05, 4.69) is 61.9 Å². The summed E-state index contributed by atoms with van der Waals surface area (Å²) in [5, 5.41) is 1.51. The molecule has 4 aromatic heterocycles. The largest absolute Gasteiger partial charge is 0.360 e. The second kappa shape index (κ2) is 8.77. The van der Waals surface area contributed by atoms with E-state index in [9.17, 15) is 0 Å². The number of aromatic nitrogens is 5. The van der Waals surface area contributed by atoms with Crippen LogP contribution in [0.15, 0.2) is 49.3 Å². The average Bonchev–Trinajstić information content (AvgIpc) is 3.12. The van der Waals surface area contributed by atoms with Gasteiger partial charge in [-0.1, -0.05) is 11.6 Å². The maximum absolute atomic E-state index is 6.22. The predicted molar refractivity (Wildman–Crippen MR) is 122 cm³/mol. The van der Waals surface area contributed by atoms with Crippen LogP contribution < -0.4 is 4.90 Å². The molecular formula is C22H24ClN7. The smallest absolute Gasteiger partial charge is 0.138 e. The number of nitrogens with zero attached hydrogens (tertiary/aromatic N) is 6. The molecule has 154 valence electrons. The normalized spacial score (nSPS) is 11.4. The van der Waals surface area contributed by atoms with Crippen LogP contribution in [0, 0.1) is 0 Å². The first-order valence-electron chi connectivity index (χ1n) is 9.78. The number of hydrogen-bond acceptors (Lipinski definition) is 6. The highest BCUT2D eigenvalue weighted by Gasteiger charge is 2.17. The van der Waals surface area contributed by atoms with Crippen LogP contribution in [-0.4, -0.2) is 64.1 Å². The molecule has 0 atom stereocenters. The maximum Gasteiger partial charge on any atom is 0.138 e. The van der Waals surface area contributed by atoms with Crippen LogP contribution in [0.5, 0.6) is 0 Å². The maximum atomic E-state index is 6.22. The van der Waals surface area contributed by atoms with Crippen LogP contribution in [0.2, 0.25) is 5.02 Å². The fourth-order valence-corrected chi connectivity index (χ4v) is 3.65. The second-order valence-electron chi connectivity index (χ2n) is 7.54. The van der Waals surface area contributed by atoms with Crippen molar-refractivity contribution in [3.63, 3.8) is 0 Å². The zero-order valence-corrected chi connectivity index (χ0v) is 18.1. The Hall–Kier alpha value is -3.03. The summed E-state index contributed by atoms with van der Waals surface area (Å²) in [6.45, 7) is 2.00. The Kier molecular flexibility index (Phi) is 5.92. The topological polar surface area (TPSA) is 73.8 Å².